The molecule has 21 heavy (non-hydrogen) atoms. The van der Waals surface area contributed by atoms with E-state index in [1.54, 1.807) is 31.2 Å². The van der Waals surface area contributed by atoms with Crippen molar-refractivity contribution in [3.05, 3.63) is 29.8 Å². The summed E-state index contributed by atoms with van der Waals surface area (Å²) in [5.41, 5.74) is 1.09. The maximum absolute atomic E-state index is 12.1. The van der Waals surface area contributed by atoms with Gasteiger partial charge in [0.2, 0.25) is 10.0 Å². The molecular formula is C15H23NO4S. The molecule has 0 heterocycles. The predicted octanol–water partition coefficient (Wildman–Crippen LogP) is 2.59. The van der Waals surface area contributed by atoms with Gasteiger partial charge in [0.25, 0.3) is 0 Å². The molecule has 1 aromatic rings. The Bertz CT molecular complexity index is 566. The summed E-state index contributed by atoms with van der Waals surface area (Å²) in [6.07, 6.45) is 1.37. The van der Waals surface area contributed by atoms with E-state index >= 15 is 0 Å². The van der Waals surface area contributed by atoms with Crippen molar-refractivity contribution >= 4 is 16.0 Å². The van der Waals surface area contributed by atoms with Gasteiger partial charge in [-0.25, -0.2) is 13.1 Å². The Morgan fingerprint density at radius 3 is 2.19 bits per heavy atom. The van der Waals surface area contributed by atoms with Crippen LogP contribution in [-0.4, -0.2) is 26.0 Å². The molecule has 0 aliphatic rings. The third-order valence-electron chi connectivity index (χ3n) is 3.73. The van der Waals surface area contributed by atoms with Gasteiger partial charge < -0.3 is 5.11 Å². The van der Waals surface area contributed by atoms with E-state index in [0.29, 0.717) is 12.3 Å². The van der Waals surface area contributed by atoms with Crippen LogP contribution in [0, 0.1) is 5.92 Å². The Labute approximate surface area is 126 Å². The topological polar surface area (TPSA) is 83.5 Å². The molecule has 0 saturated heterocycles. The number of benzene rings is 1. The Balaban J connectivity index is 2.81. The zero-order valence-electron chi connectivity index (χ0n) is 12.7. The summed E-state index contributed by atoms with van der Waals surface area (Å²) >= 11 is 0. The lowest BCUT2D eigenvalue weighted by atomic mass is 9.99. The number of sulfonamides is 1. The summed E-state index contributed by atoms with van der Waals surface area (Å²) in [7, 11) is -3.66. The monoisotopic (exact) mass is 313 g/mol. The highest BCUT2D eigenvalue weighted by atomic mass is 32.2. The van der Waals surface area contributed by atoms with Crippen molar-refractivity contribution in [3.63, 3.8) is 0 Å². The summed E-state index contributed by atoms with van der Waals surface area (Å²) in [6.45, 7) is 5.78. The van der Waals surface area contributed by atoms with Crippen molar-refractivity contribution in [1.29, 1.82) is 0 Å². The van der Waals surface area contributed by atoms with Crippen molar-refractivity contribution in [2.45, 2.75) is 44.4 Å². The zero-order chi connectivity index (χ0) is 16.0. The molecule has 2 N–H and O–H groups in total. The molecule has 1 rings (SSSR count). The molecule has 0 spiro atoms. The van der Waals surface area contributed by atoms with Crippen LogP contribution in [0.15, 0.2) is 29.2 Å². The van der Waals surface area contributed by atoms with Crippen LogP contribution in [-0.2, 0) is 14.8 Å². The summed E-state index contributed by atoms with van der Waals surface area (Å²) < 4.78 is 26.6. The van der Waals surface area contributed by atoms with Crippen LogP contribution in [0.25, 0.3) is 0 Å². The van der Waals surface area contributed by atoms with Gasteiger partial charge in [0.1, 0.15) is 0 Å². The minimum atomic E-state index is -3.66. The Hall–Kier alpha value is -1.40. The first-order chi connectivity index (χ1) is 9.81. The Morgan fingerprint density at radius 1 is 1.19 bits per heavy atom. The predicted molar refractivity (Wildman–Crippen MR) is 81.8 cm³/mol. The van der Waals surface area contributed by atoms with E-state index in [1.807, 2.05) is 0 Å². The average Bonchev–Trinajstić information content (AvgIpc) is 2.46. The SMILES string of the molecule is CCC(CNS(=O)(=O)c1ccc(C(C)CC)cc1)C(=O)O. The van der Waals surface area contributed by atoms with Gasteiger partial charge in [-0.3, -0.25) is 4.79 Å². The van der Waals surface area contributed by atoms with Crippen LogP contribution in [0.5, 0.6) is 0 Å². The number of aliphatic carboxylic acids is 1. The maximum Gasteiger partial charge on any atom is 0.307 e. The molecule has 0 bridgehead atoms. The van der Waals surface area contributed by atoms with Gasteiger partial charge in [0.15, 0.2) is 0 Å². The third kappa shape index (κ3) is 4.82. The van der Waals surface area contributed by atoms with Gasteiger partial charge in [0.05, 0.1) is 10.8 Å². The molecule has 0 saturated carbocycles. The van der Waals surface area contributed by atoms with Crippen LogP contribution in [0.3, 0.4) is 0 Å². The summed E-state index contributed by atoms with van der Waals surface area (Å²) in [4.78, 5) is 11.1. The number of rotatable bonds is 8. The van der Waals surface area contributed by atoms with E-state index in [4.69, 9.17) is 5.11 Å². The van der Waals surface area contributed by atoms with Gasteiger partial charge in [-0.05, 0) is 36.5 Å². The maximum atomic E-state index is 12.1. The minimum absolute atomic E-state index is 0.0960. The van der Waals surface area contributed by atoms with E-state index in [9.17, 15) is 13.2 Å². The second-order valence-electron chi connectivity index (χ2n) is 5.17. The summed E-state index contributed by atoms with van der Waals surface area (Å²) in [5.74, 6) is -1.32. The number of carboxylic acid groups (broad SMARTS) is 1. The van der Waals surface area contributed by atoms with E-state index in [0.717, 1.165) is 12.0 Å². The molecule has 6 heteroatoms. The van der Waals surface area contributed by atoms with Crippen LogP contribution >= 0.6 is 0 Å². The van der Waals surface area contributed by atoms with E-state index < -0.39 is 21.9 Å². The quantitative estimate of drug-likeness (QED) is 0.772. The molecule has 0 aliphatic carbocycles. The smallest absolute Gasteiger partial charge is 0.307 e. The number of hydrogen-bond donors (Lipinski definition) is 2. The lowest BCUT2D eigenvalue weighted by Crippen LogP contribution is -2.32. The summed E-state index contributed by atoms with van der Waals surface area (Å²) in [5, 5.41) is 8.93. The highest BCUT2D eigenvalue weighted by Crippen LogP contribution is 2.20. The fourth-order valence-electron chi connectivity index (χ4n) is 1.91. The van der Waals surface area contributed by atoms with Crippen molar-refractivity contribution in [3.8, 4) is 0 Å². The lowest BCUT2D eigenvalue weighted by Gasteiger charge is -2.13. The second-order valence-corrected chi connectivity index (χ2v) is 6.94. The first kappa shape index (κ1) is 17.7. The van der Waals surface area contributed by atoms with Gasteiger partial charge in [0, 0.05) is 6.54 Å². The first-order valence-corrected chi connectivity index (χ1v) is 8.62. The Kier molecular flexibility index (Phi) is 6.36. The first-order valence-electron chi connectivity index (χ1n) is 7.14. The van der Waals surface area contributed by atoms with Crippen molar-refractivity contribution in [2.75, 3.05) is 6.54 Å². The molecule has 0 aromatic heterocycles. The normalized spacial score (nSPS) is 14.6. The molecule has 1 aromatic carbocycles. The molecule has 118 valence electrons. The fraction of sp³-hybridized carbons (Fsp3) is 0.533. The van der Waals surface area contributed by atoms with E-state index in [2.05, 4.69) is 18.6 Å². The molecular weight excluding hydrogens is 290 g/mol. The highest BCUT2D eigenvalue weighted by Gasteiger charge is 2.20. The van der Waals surface area contributed by atoms with Crippen LogP contribution < -0.4 is 4.72 Å². The Morgan fingerprint density at radius 2 is 1.76 bits per heavy atom. The van der Waals surface area contributed by atoms with Gasteiger partial charge >= 0.3 is 5.97 Å². The molecule has 0 fully saturated rings. The standard InChI is InChI=1S/C15H23NO4S/c1-4-11(3)13-6-8-14(9-7-13)21(19,20)16-10-12(5-2)15(17)18/h6-9,11-12,16H,4-5,10H2,1-3H3,(H,17,18). The number of hydrogen-bond acceptors (Lipinski definition) is 3. The van der Waals surface area contributed by atoms with Crippen molar-refractivity contribution in [2.24, 2.45) is 5.92 Å². The van der Waals surface area contributed by atoms with Crippen LogP contribution in [0.2, 0.25) is 0 Å². The van der Waals surface area contributed by atoms with E-state index in [1.165, 1.54) is 0 Å². The zero-order valence-corrected chi connectivity index (χ0v) is 13.5. The van der Waals surface area contributed by atoms with Crippen molar-refractivity contribution < 1.29 is 18.3 Å². The lowest BCUT2D eigenvalue weighted by molar-refractivity contribution is -0.141. The molecule has 0 amide bonds. The highest BCUT2D eigenvalue weighted by molar-refractivity contribution is 7.89. The third-order valence-corrected chi connectivity index (χ3v) is 5.17. The second kappa shape index (κ2) is 7.56. The molecule has 0 aliphatic heterocycles. The van der Waals surface area contributed by atoms with Gasteiger partial charge in [-0.2, -0.15) is 0 Å². The number of carbonyl (C=O) groups is 1. The fourth-order valence-corrected chi connectivity index (χ4v) is 2.99. The molecule has 5 nitrogen and oxygen atoms in total. The molecule has 0 radical (unpaired) electrons. The number of nitrogens with one attached hydrogen (secondary N) is 1. The van der Waals surface area contributed by atoms with Crippen molar-refractivity contribution in [1.82, 2.24) is 4.72 Å². The number of carboxylic acids is 1. The van der Waals surface area contributed by atoms with Crippen LogP contribution in [0.1, 0.15) is 45.1 Å². The summed E-state index contributed by atoms with van der Waals surface area (Å²) in [6, 6.07) is 6.73. The average molecular weight is 313 g/mol. The van der Waals surface area contributed by atoms with Crippen LogP contribution in [0.4, 0.5) is 0 Å². The van der Waals surface area contributed by atoms with E-state index in [-0.39, 0.29) is 11.4 Å². The van der Waals surface area contributed by atoms with Gasteiger partial charge in [-0.15, -0.1) is 0 Å². The largest absolute Gasteiger partial charge is 0.481 e. The van der Waals surface area contributed by atoms with Gasteiger partial charge in [-0.1, -0.05) is 32.9 Å². The minimum Gasteiger partial charge on any atom is -0.481 e. The molecule has 2 atom stereocenters. The molecule has 2 unspecified atom stereocenters.